The van der Waals surface area contributed by atoms with Gasteiger partial charge in [0.25, 0.3) is 5.91 Å². The number of phenolic OH excluding ortho intramolecular Hbond substituents is 1. The molecule has 0 fully saturated rings. The van der Waals surface area contributed by atoms with Gasteiger partial charge in [-0.15, -0.1) is 0 Å². The first-order valence-electron chi connectivity index (χ1n) is 17.8. The van der Waals surface area contributed by atoms with E-state index in [1.54, 1.807) is 13.0 Å². The summed E-state index contributed by atoms with van der Waals surface area (Å²) in [5.41, 5.74) is -2.34. The van der Waals surface area contributed by atoms with Crippen molar-refractivity contribution in [3.8, 4) is 11.5 Å². The highest BCUT2D eigenvalue weighted by Gasteiger charge is 2.47. The van der Waals surface area contributed by atoms with Crippen molar-refractivity contribution in [1.82, 2.24) is 0 Å². The van der Waals surface area contributed by atoms with Crippen molar-refractivity contribution in [2.75, 3.05) is 19.2 Å². The molecule has 55 heavy (non-hydrogen) atoms. The van der Waals surface area contributed by atoms with Crippen LogP contribution in [0.4, 0.5) is 5.69 Å². The number of ketones is 1. The zero-order valence-corrected chi connectivity index (χ0v) is 32.6. The largest absolute Gasteiger partial charge is 0.505 e. The Morgan fingerprint density at radius 1 is 0.909 bits per heavy atom. The summed E-state index contributed by atoms with van der Waals surface area (Å²) in [4.78, 5) is 53.0. The lowest BCUT2D eigenvalue weighted by molar-refractivity contribution is -0.168. The molecular formula is C40H51NO14. The highest BCUT2D eigenvalue weighted by molar-refractivity contribution is 6.21. The molecule has 1 aliphatic carbocycles. The van der Waals surface area contributed by atoms with Crippen LogP contribution in [0.1, 0.15) is 76.9 Å². The first kappa shape index (κ1) is 42.9. The maximum Gasteiger partial charge on any atom is 0.313 e. The van der Waals surface area contributed by atoms with Crippen molar-refractivity contribution in [2.45, 2.75) is 92.3 Å². The highest BCUT2D eigenvalue weighted by Crippen LogP contribution is 2.53. The van der Waals surface area contributed by atoms with E-state index < -0.39 is 89.9 Å². The number of allylic oxidation sites excluding steroid dienone is 5. The molecule has 15 heteroatoms. The number of amides is 1. The molecule has 0 aromatic heterocycles. The van der Waals surface area contributed by atoms with Gasteiger partial charge >= 0.3 is 11.9 Å². The normalized spacial score (nSPS) is 33.3. The third-order valence-corrected chi connectivity index (χ3v) is 10.6. The lowest BCUT2D eigenvalue weighted by Gasteiger charge is -2.39. The molecule has 4 aliphatic rings. The number of esters is 2. The first-order chi connectivity index (χ1) is 25.6. The maximum atomic E-state index is 14.0. The molecule has 0 saturated carbocycles. The number of nitrogens with one attached hydrogen (secondary N) is 1. The quantitative estimate of drug-likeness (QED) is 0.130. The molecule has 9 atom stereocenters. The summed E-state index contributed by atoms with van der Waals surface area (Å²) >= 11 is 0. The Labute approximate surface area is 319 Å². The average Bonchev–Trinajstić information content (AvgIpc) is 3.13. The highest BCUT2D eigenvalue weighted by atomic mass is 16.7. The van der Waals surface area contributed by atoms with Crippen molar-refractivity contribution in [3.05, 3.63) is 69.2 Å². The number of benzene rings is 1. The van der Waals surface area contributed by atoms with Gasteiger partial charge in [0.2, 0.25) is 6.79 Å². The van der Waals surface area contributed by atoms with Gasteiger partial charge in [0.1, 0.15) is 28.8 Å². The maximum absolute atomic E-state index is 14.0. The van der Waals surface area contributed by atoms with E-state index >= 15 is 0 Å². The summed E-state index contributed by atoms with van der Waals surface area (Å²) in [6, 6.07) is 0. The van der Waals surface area contributed by atoms with Gasteiger partial charge in [-0.3, -0.25) is 19.2 Å². The molecule has 3 aliphatic heterocycles. The molecule has 3 heterocycles. The number of fused-ring (bicyclic) bond motifs is 14. The van der Waals surface area contributed by atoms with E-state index in [9.17, 15) is 49.8 Å². The second-order valence-electron chi connectivity index (χ2n) is 14.7. The number of carbonyl (C=O) groups excluding carboxylic acids is 4. The number of hydrogen-bond acceptors (Lipinski definition) is 14. The van der Waals surface area contributed by atoms with Crippen LogP contribution in [0.3, 0.4) is 0 Å². The van der Waals surface area contributed by atoms with Crippen molar-refractivity contribution < 1.29 is 68.8 Å². The minimum absolute atomic E-state index is 0.00256. The number of rotatable bonds is 2. The van der Waals surface area contributed by atoms with Crippen LogP contribution in [0.2, 0.25) is 0 Å². The van der Waals surface area contributed by atoms with Gasteiger partial charge in [0.05, 0.1) is 48.3 Å². The number of aliphatic hydroxyl groups is 5. The monoisotopic (exact) mass is 769 g/mol. The van der Waals surface area contributed by atoms with Crippen LogP contribution in [0.15, 0.2) is 52.5 Å². The van der Waals surface area contributed by atoms with Crippen LogP contribution in [0, 0.1) is 30.6 Å². The Kier molecular flexibility index (Phi) is 12.9. The molecule has 0 radical (unpaired) electrons. The van der Waals surface area contributed by atoms with E-state index in [1.165, 1.54) is 66.7 Å². The minimum atomic E-state index is -2.17. The Balaban J connectivity index is 2.07. The van der Waals surface area contributed by atoms with Gasteiger partial charge in [-0.05, 0) is 46.3 Å². The summed E-state index contributed by atoms with van der Waals surface area (Å²) in [5, 5.41) is 71.8. The van der Waals surface area contributed by atoms with Gasteiger partial charge in [-0.1, -0.05) is 39.0 Å². The molecule has 1 aromatic carbocycles. The van der Waals surface area contributed by atoms with E-state index in [1.807, 2.05) is 0 Å². The van der Waals surface area contributed by atoms with Crippen LogP contribution in [-0.4, -0.2) is 98.2 Å². The van der Waals surface area contributed by atoms with E-state index in [0.717, 1.165) is 14.0 Å². The SMILES string of the molecule is COC(=O)[C@@H]1[C@H](O)[C@H](C)[C@H](O)[C@H](C)/C=C\C=C(\C)C(=O)Nc2c(C)c(OC(C)=O)c3c(c2O)C(=O)C(C)=C2OCOC(=C23)/C(C)=C\[C@@](C)(O)[C@H](O)[C@@H](C)[C@H]1O. The molecule has 0 spiro atoms. The summed E-state index contributed by atoms with van der Waals surface area (Å²) in [6.45, 7) is 12.3. The molecule has 1 aromatic rings. The zero-order valence-electron chi connectivity index (χ0n) is 32.6. The lowest BCUT2D eigenvalue weighted by Crippen LogP contribution is -2.53. The third-order valence-electron chi connectivity index (χ3n) is 10.6. The fraction of sp³-hybridized carbons (Fsp3) is 0.500. The van der Waals surface area contributed by atoms with Gasteiger partial charge in [0.15, 0.2) is 11.5 Å². The number of methoxy groups -OCH3 is 1. The van der Waals surface area contributed by atoms with Gasteiger partial charge < -0.3 is 54.9 Å². The van der Waals surface area contributed by atoms with Crippen LogP contribution in [0.5, 0.6) is 11.5 Å². The predicted octanol–water partition coefficient (Wildman–Crippen LogP) is 3.10. The zero-order chi connectivity index (χ0) is 41.4. The second-order valence-corrected chi connectivity index (χ2v) is 14.7. The fourth-order valence-electron chi connectivity index (χ4n) is 7.28. The van der Waals surface area contributed by atoms with E-state index in [4.69, 9.17) is 18.9 Å². The minimum Gasteiger partial charge on any atom is -0.505 e. The number of phenols is 1. The molecular weight excluding hydrogens is 718 g/mol. The van der Waals surface area contributed by atoms with E-state index in [0.29, 0.717) is 0 Å². The molecule has 300 valence electrons. The van der Waals surface area contributed by atoms with Crippen LogP contribution >= 0.6 is 0 Å². The van der Waals surface area contributed by atoms with Crippen molar-refractivity contribution in [2.24, 2.45) is 23.7 Å². The standard InChI is InChI=1S/C40H51NO14/c1-16-12-11-13-17(2)38(49)41-28-19(4)36(55-23(8)42)24-25(33(28)47)31(45)21(6)35-26(24)34(53-15-54-35)18(3)14-40(9,51)37(48)22(7)32(46)27(39(50)52-10)30(44)20(5)29(16)43/h11-14,16,20,22,27,29-30,32,37,43-44,46-48,51H,15H2,1-10H3,(H,41,49)/b12-11-,17-13-,18-14-/t16-,20-,22+,27-,29-,30-,32-,37-,40-/m1/s1. The van der Waals surface area contributed by atoms with Crippen LogP contribution < -0.4 is 10.1 Å². The van der Waals surface area contributed by atoms with Crippen LogP contribution in [0.25, 0.3) is 5.57 Å². The van der Waals surface area contributed by atoms with E-state index in [-0.39, 0.29) is 61.9 Å². The molecule has 0 saturated heterocycles. The van der Waals surface area contributed by atoms with Gasteiger partial charge in [0, 0.05) is 47.0 Å². The topological polar surface area (TPSA) is 239 Å². The molecule has 1 amide bonds. The first-order valence-corrected chi connectivity index (χ1v) is 17.8. The number of anilines is 1. The third kappa shape index (κ3) is 8.12. The number of carbonyl (C=O) groups is 4. The fourth-order valence-corrected chi connectivity index (χ4v) is 7.28. The lowest BCUT2D eigenvalue weighted by atomic mass is 9.75. The van der Waals surface area contributed by atoms with Crippen molar-refractivity contribution >= 4 is 34.9 Å². The molecule has 4 bridgehead atoms. The number of aromatic hydroxyl groups is 1. The van der Waals surface area contributed by atoms with Gasteiger partial charge in [-0.2, -0.15) is 0 Å². The number of Topliss-reactive ketones (excluding diaryl/α,β-unsaturated/α-hetero) is 1. The van der Waals surface area contributed by atoms with E-state index in [2.05, 4.69) is 5.32 Å². The summed E-state index contributed by atoms with van der Waals surface area (Å²) in [6.07, 6.45) is -0.878. The Morgan fingerprint density at radius 2 is 1.51 bits per heavy atom. The van der Waals surface area contributed by atoms with Crippen molar-refractivity contribution in [3.63, 3.8) is 0 Å². The Hall–Kier alpha value is -4.80. The summed E-state index contributed by atoms with van der Waals surface area (Å²) < 4.78 is 22.3. The average molecular weight is 770 g/mol. The Morgan fingerprint density at radius 3 is 2.11 bits per heavy atom. The Bertz CT molecular complexity index is 1920. The molecule has 7 N–H and O–H groups in total. The summed E-state index contributed by atoms with van der Waals surface area (Å²) in [5.74, 6) is -8.68. The number of hydrogen-bond donors (Lipinski definition) is 7. The molecule has 0 unspecified atom stereocenters. The predicted molar refractivity (Wildman–Crippen MR) is 198 cm³/mol. The number of aliphatic hydroxyl groups excluding tert-OH is 4. The second kappa shape index (κ2) is 16.5. The van der Waals surface area contributed by atoms with Crippen molar-refractivity contribution in [1.29, 1.82) is 0 Å². The number of ether oxygens (including phenoxy) is 4. The molecule has 15 nitrogen and oxygen atoms in total. The van der Waals surface area contributed by atoms with Crippen LogP contribution in [-0.2, 0) is 28.6 Å². The van der Waals surface area contributed by atoms with Gasteiger partial charge in [-0.25, -0.2) is 0 Å². The molecule has 5 rings (SSSR count). The smallest absolute Gasteiger partial charge is 0.313 e. The summed E-state index contributed by atoms with van der Waals surface area (Å²) in [7, 11) is 1.06.